The van der Waals surface area contributed by atoms with Crippen LogP contribution in [0.15, 0.2) is 85.3 Å². The summed E-state index contributed by atoms with van der Waals surface area (Å²) in [6.45, 7) is -0.0900. The number of Topliss-reactive ketones (excluding diaryl/α,β-unsaturated/α-hetero) is 1. The van der Waals surface area contributed by atoms with E-state index in [0.717, 1.165) is 16.3 Å². The molecule has 0 saturated carbocycles. The number of hydrogen-bond donors (Lipinski definition) is 1. The molecule has 2 heterocycles. The zero-order chi connectivity index (χ0) is 20.8. The predicted molar refractivity (Wildman–Crippen MR) is 120 cm³/mol. The Morgan fingerprint density at radius 2 is 1.61 bits per heavy atom. The molecule has 0 saturated heterocycles. The van der Waals surface area contributed by atoms with Gasteiger partial charge in [-0.15, -0.1) is 0 Å². The van der Waals surface area contributed by atoms with Crippen LogP contribution in [0.1, 0.15) is 23.5 Å². The van der Waals surface area contributed by atoms with Crippen LogP contribution in [0.3, 0.4) is 0 Å². The van der Waals surface area contributed by atoms with Crippen molar-refractivity contribution in [2.24, 2.45) is 0 Å². The molecule has 0 aliphatic carbocycles. The van der Waals surface area contributed by atoms with E-state index in [1.54, 1.807) is 30.7 Å². The number of benzene rings is 2. The maximum absolute atomic E-state index is 12.6. The van der Waals surface area contributed by atoms with E-state index in [1.165, 1.54) is 0 Å². The predicted octanol–water partition coefficient (Wildman–Crippen LogP) is 4.60. The van der Waals surface area contributed by atoms with Crippen molar-refractivity contribution in [3.8, 4) is 11.5 Å². The second-order valence-corrected chi connectivity index (χ2v) is 6.67. The molecule has 0 unspecified atom stereocenters. The van der Waals surface area contributed by atoms with Crippen LogP contribution in [0.25, 0.3) is 10.8 Å². The lowest BCUT2D eigenvalue weighted by molar-refractivity contribution is -0.117. The van der Waals surface area contributed by atoms with E-state index >= 15 is 0 Å². The van der Waals surface area contributed by atoms with Gasteiger partial charge in [0.1, 0.15) is 17.2 Å². The number of pyridine rings is 2. The fourth-order valence-electron chi connectivity index (χ4n) is 3.12. The first-order valence-electron chi connectivity index (χ1n) is 9.50. The molecule has 0 spiro atoms. The third kappa shape index (κ3) is 5.30. The Balaban J connectivity index is 0.00000272. The summed E-state index contributed by atoms with van der Waals surface area (Å²) in [7, 11) is 0. The van der Waals surface area contributed by atoms with Crippen molar-refractivity contribution in [3.05, 3.63) is 96.6 Å². The van der Waals surface area contributed by atoms with Gasteiger partial charge in [-0.05, 0) is 29.7 Å². The van der Waals surface area contributed by atoms with Gasteiger partial charge >= 0.3 is 0 Å². The highest BCUT2D eigenvalue weighted by Crippen LogP contribution is 2.25. The van der Waals surface area contributed by atoms with Crippen LogP contribution >= 0.6 is 0 Å². The van der Waals surface area contributed by atoms with Crippen LogP contribution in [0.2, 0.25) is 0 Å². The first-order chi connectivity index (χ1) is 14.7. The molecule has 0 fully saturated rings. The second-order valence-electron chi connectivity index (χ2n) is 6.67. The van der Waals surface area contributed by atoms with Crippen molar-refractivity contribution >= 4 is 22.5 Å². The number of hydrogen-bond acceptors (Lipinski definition) is 5. The molecule has 1 N–H and O–H groups in total. The van der Waals surface area contributed by atoms with Crippen LogP contribution < -0.4 is 10.1 Å². The lowest BCUT2D eigenvalue weighted by Crippen LogP contribution is -2.31. The highest BCUT2D eigenvalue weighted by Gasteiger charge is 2.14. The smallest absolute Gasteiger partial charge is 0.270 e. The van der Waals surface area contributed by atoms with E-state index in [9.17, 15) is 9.59 Å². The van der Waals surface area contributed by atoms with Gasteiger partial charge in [0.05, 0.1) is 6.54 Å². The SMILES string of the molecule is C.O=C(CNC(=O)c1nccc2ccccc12)Cc1ccccc1Oc1ccncc1. The first-order valence-corrected chi connectivity index (χ1v) is 9.50. The van der Waals surface area contributed by atoms with Crippen molar-refractivity contribution < 1.29 is 14.3 Å². The summed E-state index contributed by atoms with van der Waals surface area (Å²) in [5, 5.41) is 4.35. The minimum absolute atomic E-state index is 0. The average Bonchev–Trinajstić information content (AvgIpc) is 2.79. The van der Waals surface area contributed by atoms with Crippen LogP contribution in [0, 0.1) is 0 Å². The monoisotopic (exact) mass is 413 g/mol. The number of aromatic nitrogens is 2. The molecule has 0 aliphatic heterocycles. The third-order valence-electron chi connectivity index (χ3n) is 4.57. The average molecular weight is 413 g/mol. The highest BCUT2D eigenvalue weighted by atomic mass is 16.5. The van der Waals surface area contributed by atoms with Gasteiger partial charge in [-0.2, -0.15) is 0 Å². The van der Waals surface area contributed by atoms with Crippen molar-refractivity contribution in [1.82, 2.24) is 15.3 Å². The molecule has 31 heavy (non-hydrogen) atoms. The largest absolute Gasteiger partial charge is 0.457 e. The molecule has 6 heteroatoms. The molecular formula is C25H23N3O3. The topological polar surface area (TPSA) is 81.2 Å². The molecule has 156 valence electrons. The molecule has 0 radical (unpaired) electrons. The number of para-hydroxylation sites is 1. The molecule has 0 bridgehead atoms. The van der Waals surface area contributed by atoms with Crippen LogP contribution in [-0.2, 0) is 11.2 Å². The standard InChI is InChI=1S/C24H19N3O3.CH4/c28-19(15-18-6-2-4-8-22(18)30-20-10-12-25-13-11-20)16-27-24(29)23-21-7-3-1-5-17(21)9-14-26-23;/h1-14H,15-16H2,(H,27,29);1H4. The zero-order valence-corrected chi connectivity index (χ0v) is 16.1. The Morgan fingerprint density at radius 3 is 2.45 bits per heavy atom. The first kappa shape index (κ1) is 21.6. The van der Waals surface area contributed by atoms with Crippen molar-refractivity contribution in [1.29, 1.82) is 0 Å². The number of nitrogens with zero attached hydrogens (tertiary/aromatic N) is 2. The van der Waals surface area contributed by atoms with E-state index in [-0.39, 0.29) is 32.1 Å². The molecule has 2 aromatic carbocycles. The molecule has 2 aromatic heterocycles. The molecule has 4 rings (SSSR count). The van der Waals surface area contributed by atoms with Gasteiger partial charge in [0.25, 0.3) is 5.91 Å². The number of amides is 1. The van der Waals surface area contributed by atoms with E-state index in [1.807, 2.05) is 54.6 Å². The fraction of sp³-hybridized carbons (Fsp3) is 0.120. The van der Waals surface area contributed by atoms with Crippen molar-refractivity contribution in [3.63, 3.8) is 0 Å². The Bertz CT molecular complexity index is 1190. The Kier molecular flexibility index (Phi) is 7.06. The molecule has 6 nitrogen and oxygen atoms in total. The molecule has 0 aliphatic rings. The van der Waals surface area contributed by atoms with Gasteiger partial charge < -0.3 is 10.1 Å². The maximum atomic E-state index is 12.6. The van der Waals surface area contributed by atoms with Gasteiger partial charge in [-0.25, -0.2) is 0 Å². The molecule has 0 atom stereocenters. The normalized spacial score (nSPS) is 10.2. The fourth-order valence-corrected chi connectivity index (χ4v) is 3.12. The molecule has 4 aromatic rings. The quantitative estimate of drug-likeness (QED) is 0.479. The van der Waals surface area contributed by atoms with Gasteiger partial charge in [0, 0.05) is 36.0 Å². The van der Waals surface area contributed by atoms with E-state index < -0.39 is 0 Å². The number of carbonyl (C=O) groups is 2. The van der Waals surface area contributed by atoms with Crippen molar-refractivity contribution in [2.75, 3.05) is 6.54 Å². The number of nitrogens with one attached hydrogen (secondary N) is 1. The number of ether oxygens (including phenoxy) is 1. The summed E-state index contributed by atoms with van der Waals surface area (Å²) < 4.78 is 5.86. The van der Waals surface area contributed by atoms with Gasteiger partial charge in [-0.1, -0.05) is 49.9 Å². The van der Waals surface area contributed by atoms with Gasteiger partial charge in [-0.3, -0.25) is 19.6 Å². The Hall–Kier alpha value is -4.06. The minimum atomic E-state index is -0.374. The third-order valence-corrected chi connectivity index (χ3v) is 4.57. The van der Waals surface area contributed by atoms with E-state index in [4.69, 9.17) is 4.74 Å². The van der Waals surface area contributed by atoms with Crippen LogP contribution in [-0.4, -0.2) is 28.2 Å². The highest BCUT2D eigenvalue weighted by molar-refractivity contribution is 6.06. The zero-order valence-electron chi connectivity index (χ0n) is 16.1. The number of rotatable bonds is 7. The number of fused-ring (bicyclic) bond motifs is 1. The molecular weight excluding hydrogens is 390 g/mol. The summed E-state index contributed by atoms with van der Waals surface area (Å²) in [6, 6.07) is 20.2. The summed E-state index contributed by atoms with van der Waals surface area (Å²) in [6.07, 6.45) is 5.01. The van der Waals surface area contributed by atoms with Crippen LogP contribution in [0.5, 0.6) is 11.5 Å². The lowest BCUT2D eigenvalue weighted by atomic mass is 10.1. The van der Waals surface area contributed by atoms with E-state index in [0.29, 0.717) is 17.2 Å². The number of carbonyl (C=O) groups excluding carboxylic acids is 2. The number of ketones is 1. The summed E-state index contributed by atoms with van der Waals surface area (Å²) in [4.78, 5) is 33.2. The Morgan fingerprint density at radius 1 is 0.871 bits per heavy atom. The summed E-state index contributed by atoms with van der Waals surface area (Å²) >= 11 is 0. The lowest BCUT2D eigenvalue weighted by Gasteiger charge is -2.11. The Labute approximate surface area is 180 Å². The maximum Gasteiger partial charge on any atom is 0.270 e. The van der Waals surface area contributed by atoms with Crippen molar-refractivity contribution in [2.45, 2.75) is 13.8 Å². The summed E-state index contributed by atoms with van der Waals surface area (Å²) in [5.74, 6) is 0.732. The minimum Gasteiger partial charge on any atom is -0.457 e. The van der Waals surface area contributed by atoms with Crippen LogP contribution in [0.4, 0.5) is 0 Å². The summed E-state index contributed by atoms with van der Waals surface area (Å²) in [5.41, 5.74) is 1.05. The van der Waals surface area contributed by atoms with E-state index in [2.05, 4.69) is 15.3 Å². The molecule has 1 amide bonds. The second kappa shape index (κ2) is 10.1. The van der Waals surface area contributed by atoms with Gasteiger partial charge in [0.15, 0.2) is 5.78 Å². The van der Waals surface area contributed by atoms with Gasteiger partial charge in [0.2, 0.25) is 0 Å².